The molecule has 4 nitrogen and oxygen atoms in total. The van der Waals surface area contributed by atoms with Gasteiger partial charge in [0.25, 0.3) is 0 Å². The lowest BCUT2D eigenvalue weighted by Gasteiger charge is -1.83. The first-order valence-electron chi connectivity index (χ1n) is 3.95. The van der Waals surface area contributed by atoms with Crippen LogP contribution in [-0.2, 0) is 14.4 Å². The lowest BCUT2D eigenvalue weighted by atomic mass is 10.3. The number of fused-ring (bicyclic) bond motifs is 1. The number of rotatable bonds is 0. The van der Waals surface area contributed by atoms with Gasteiger partial charge in [-0.3, -0.25) is 0 Å². The molecule has 2 rings (SSSR count). The van der Waals surface area contributed by atoms with Gasteiger partial charge in [-0.05, 0) is 24.1 Å². The lowest BCUT2D eigenvalue weighted by molar-refractivity contribution is -0.191. The number of aromatic nitrogens is 1. The van der Waals surface area contributed by atoms with Gasteiger partial charge in [0.1, 0.15) is 5.94 Å². The molecule has 76 valence electrons. The number of nitrogens with one attached hydrogen (secondary N) is 1. The third-order valence-electron chi connectivity index (χ3n) is 1.46. The van der Waals surface area contributed by atoms with Gasteiger partial charge >= 0.3 is 6.15 Å². The Labute approximate surface area is 86.2 Å². The van der Waals surface area contributed by atoms with Crippen LogP contribution in [0.5, 0.6) is 0 Å². The van der Waals surface area contributed by atoms with Crippen LogP contribution in [0.1, 0.15) is 0 Å². The van der Waals surface area contributed by atoms with Crippen molar-refractivity contribution in [1.82, 2.24) is 4.98 Å². The van der Waals surface area contributed by atoms with E-state index in [9.17, 15) is 0 Å². The SMILES string of the molecule is C=C=O.O=C=O.c1ccc2[nH]ccc2c1. The quantitative estimate of drug-likeness (QED) is 0.661. The van der Waals surface area contributed by atoms with Crippen LogP contribution < -0.4 is 0 Å². The van der Waals surface area contributed by atoms with Gasteiger partial charge in [-0.15, -0.1) is 0 Å². The summed E-state index contributed by atoms with van der Waals surface area (Å²) >= 11 is 0. The molecule has 0 spiro atoms. The summed E-state index contributed by atoms with van der Waals surface area (Å²) in [6.45, 7) is 2.68. The third-order valence-corrected chi connectivity index (χ3v) is 1.46. The fourth-order valence-electron chi connectivity index (χ4n) is 0.995. The van der Waals surface area contributed by atoms with Crippen molar-refractivity contribution >= 4 is 23.0 Å². The maximum Gasteiger partial charge on any atom is 0.373 e. The number of aromatic amines is 1. The third kappa shape index (κ3) is 5.01. The molecule has 1 N–H and O–H groups in total. The number of carbonyl (C=O) groups excluding carboxylic acids is 3. The Morgan fingerprint density at radius 2 is 1.60 bits per heavy atom. The first-order valence-corrected chi connectivity index (χ1v) is 3.95. The minimum atomic E-state index is 0.250. The van der Waals surface area contributed by atoms with Crippen LogP contribution in [0, 0.1) is 0 Å². The smallest absolute Gasteiger partial charge is 0.361 e. The summed E-state index contributed by atoms with van der Waals surface area (Å²) in [6.07, 6.45) is 2.20. The maximum atomic E-state index is 8.57. The largest absolute Gasteiger partial charge is 0.373 e. The Morgan fingerprint density at radius 1 is 1.07 bits per heavy atom. The maximum absolute atomic E-state index is 8.57. The zero-order valence-corrected chi connectivity index (χ0v) is 7.90. The molecule has 15 heavy (non-hydrogen) atoms. The second-order valence-corrected chi connectivity index (χ2v) is 2.29. The van der Waals surface area contributed by atoms with E-state index in [0.717, 1.165) is 0 Å². The predicted molar refractivity (Wildman–Crippen MR) is 54.6 cm³/mol. The van der Waals surface area contributed by atoms with Crippen molar-refractivity contribution < 1.29 is 14.4 Å². The van der Waals surface area contributed by atoms with Crippen LogP contribution in [0.4, 0.5) is 0 Å². The van der Waals surface area contributed by atoms with E-state index in [0.29, 0.717) is 0 Å². The molecular formula is C11H9NO3. The topological polar surface area (TPSA) is 67.0 Å². The highest BCUT2D eigenvalue weighted by atomic mass is 16.2. The summed E-state index contributed by atoms with van der Waals surface area (Å²) in [7, 11) is 0. The average molecular weight is 203 g/mol. The Bertz CT molecular complexity index is 419. The highest BCUT2D eigenvalue weighted by molar-refractivity contribution is 5.78. The zero-order valence-electron chi connectivity index (χ0n) is 7.90. The van der Waals surface area contributed by atoms with E-state index in [4.69, 9.17) is 14.4 Å². The van der Waals surface area contributed by atoms with Crippen molar-refractivity contribution in [3.63, 3.8) is 0 Å². The lowest BCUT2D eigenvalue weighted by Crippen LogP contribution is -1.61. The summed E-state index contributed by atoms with van der Waals surface area (Å²) in [6, 6.07) is 10.3. The number of H-pyrrole nitrogens is 1. The standard InChI is InChI=1S/C8H7N.C2H2O.CO2/c1-2-4-8-7(3-1)5-6-9-8;1-2-3;2-1-3/h1-6,9H;1H2;. The summed E-state index contributed by atoms with van der Waals surface area (Å²) < 4.78 is 0. The first-order chi connectivity index (χ1) is 7.29. The van der Waals surface area contributed by atoms with Crippen molar-refractivity contribution in [2.75, 3.05) is 0 Å². The van der Waals surface area contributed by atoms with Crippen molar-refractivity contribution in [1.29, 1.82) is 0 Å². The van der Waals surface area contributed by atoms with E-state index < -0.39 is 0 Å². The van der Waals surface area contributed by atoms with Crippen molar-refractivity contribution in [3.8, 4) is 0 Å². The zero-order chi connectivity index (χ0) is 11.5. The molecule has 2 aromatic rings. The van der Waals surface area contributed by atoms with Gasteiger partial charge < -0.3 is 4.98 Å². The molecule has 0 unspecified atom stereocenters. The minimum absolute atomic E-state index is 0.250. The Balaban J connectivity index is 0.000000280. The highest BCUT2D eigenvalue weighted by Gasteiger charge is 1.86. The summed E-state index contributed by atoms with van der Waals surface area (Å²) in [4.78, 5) is 27.9. The second-order valence-electron chi connectivity index (χ2n) is 2.29. The predicted octanol–water partition coefficient (Wildman–Crippen LogP) is 1.59. The van der Waals surface area contributed by atoms with Gasteiger partial charge in [-0.25, -0.2) is 4.79 Å². The Morgan fingerprint density at radius 3 is 2.13 bits per heavy atom. The molecule has 4 heteroatoms. The molecule has 0 amide bonds. The minimum Gasteiger partial charge on any atom is -0.361 e. The normalized spacial score (nSPS) is 7.20. The molecule has 0 aliphatic rings. The number of hydrogen-bond donors (Lipinski definition) is 1. The van der Waals surface area contributed by atoms with Crippen molar-refractivity contribution in [2.24, 2.45) is 0 Å². The Kier molecular flexibility index (Phi) is 6.88. The van der Waals surface area contributed by atoms with Crippen LogP contribution in [0.25, 0.3) is 10.9 Å². The van der Waals surface area contributed by atoms with Crippen molar-refractivity contribution in [3.05, 3.63) is 43.1 Å². The molecule has 0 aliphatic carbocycles. The fourth-order valence-corrected chi connectivity index (χ4v) is 0.995. The van der Waals surface area contributed by atoms with Crippen LogP contribution >= 0.6 is 0 Å². The number of para-hydroxylation sites is 1. The molecule has 1 heterocycles. The monoisotopic (exact) mass is 203 g/mol. The molecule has 1 aromatic carbocycles. The van der Waals surface area contributed by atoms with Gasteiger partial charge in [0.15, 0.2) is 0 Å². The summed E-state index contributed by atoms with van der Waals surface area (Å²) in [5, 5.41) is 1.28. The fraction of sp³-hybridized carbons (Fsp3) is 0. The van der Waals surface area contributed by atoms with Gasteiger partial charge in [0.05, 0.1) is 0 Å². The van der Waals surface area contributed by atoms with Crippen molar-refractivity contribution in [2.45, 2.75) is 0 Å². The van der Waals surface area contributed by atoms with Crippen LogP contribution in [-0.4, -0.2) is 17.1 Å². The molecule has 1 aromatic heterocycles. The number of benzene rings is 1. The molecular weight excluding hydrogens is 194 g/mol. The van der Waals surface area contributed by atoms with Crippen LogP contribution in [0.15, 0.2) is 43.1 Å². The number of hydrogen-bond acceptors (Lipinski definition) is 3. The average Bonchev–Trinajstić information content (AvgIpc) is 2.67. The first kappa shape index (κ1) is 12.6. The molecule has 0 bridgehead atoms. The van der Waals surface area contributed by atoms with Gasteiger partial charge in [-0.2, -0.15) is 9.59 Å². The summed E-state index contributed by atoms with van der Waals surface area (Å²) in [5.41, 5.74) is 1.21. The van der Waals surface area contributed by atoms with Gasteiger partial charge in [-0.1, -0.05) is 18.2 Å². The van der Waals surface area contributed by atoms with E-state index in [-0.39, 0.29) is 6.15 Å². The van der Waals surface area contributed by atoms with Crippen LogP contribution in [0.2, 0.25) is 0 Å². The van der Waals surface area contributed by atoms with Crippen LogP contribution in [0.3, 0.4) is 0 Å². The van der Waals surface area contributed by atoms with E-state index in [1.165, 1.54) is 16.8 Å². The van der Waals surface area contributed by atoms with E-state index in [1.807, 2.05) is 18.3 Å². The molecule has 0 radical (unpaired) electrons. The second kappa shape index (κ2) is 8.20. The Hall–Kier alpha value is -2.41. The molecule has 0 aliphatic heterocycles. The van der Waals surface area contributed by atoms with E-state index >= 15 is 0 Å². The molecule has 0 saturated heterocycles. The van der Waals surface area contributed by atoms with E-state index in [1.54, 1.807) is 0 Å². The van der Waals surface area contributed by atoms with E-state index in [2.05, 4.69) is 29.8 Å². The summed E-state index contributed by atoms with van der Waals surface area (Å²) in [5.74, 6) is 1.25. The van der Waals surface area contributed by atoms with Gasteiger partial charge in [0.2, 0.25) is 0 Å². The molecule has 0 saturated carbocycles. The highest BCUT2D eigenvalue weighted by Crippen LogP contribution is 2.09. The molecule has 0 fully saturated rings. The van der Waals surface area contributed by atoms with Gasteiger partial charge in [0, 0.05) is 11.7 Å². The molecule has 0 atom stereocenters.